The van der Waals surface area contributed by atoms with E-state index in [1.165, 1.54) is 0 Å². The van der Waals surface area contributed by atoms with E-state index in [0.717, 1.165) is 34.4 Å². The molecule has 152 valence electrons. The zero-order valence-electron chi connectivity index (χ0n) is 16.0. The third-order valence-corrected chi connectivity index (χ3v) is 5.63. The first-order valence-electron chi connectivity index (χ1n) is 8.99. The van der Waals surface area contributed by atoms with Gasteiger partial charge in [-0.3, -0.25) is 4.79 Å². The Kier molecular flexibility index (Phi) is 4.91. The molecule has 4 rings (SSSR count). The summed E-state index contributed by atoms with van der Waals surface area (Å²) in [6, 6.07) is 2.01. The summed E-state index contributed by atoms with van der Waals surface area (Å²) in [5.41, 5.74) is 2.90. The molecule has 0 aromatic carbocycles. The molecule has 0 fully saturated rings. The lowest BCUT2D eigenvalue weighted by atomic mass is 10.3. The molecule has 4 heterocycles. The van der Waals surface area contributed by atoms with E-state index in [4.69, 9.17) is 4.98 Å². The summed E-state index contributed by atoms with van der Waals surface area (Å²) in [6.45, 7) is 3.77. The van der Waals surface area contributed by atoms with Crippen LogP contribution in [0.25, 0.3) is 22.1 Å². The number of carbonyl (C=O) groups is 1. The number of hydrogen-bond acceptors (Lipinski definition) is 6. The summed E-state index contributed by atoms with van der Waals surface area (Å²) in [5.74, 6) is -0.0469. The third-order valence-electron chi connectivity index (χ3n) is 4.55. The normalized spacial score (nSPS) is 11.7. The van der Waals surface area contributed by atoms with Crippen LogP contribution in [0.1, 0.15) is 22.3 Å². The number of carbonyl (C=O) groups excluding carboxylic acids is 1. The first-order valence-corrected chi connectivity index (χ1v) is 9.81. The van der Waals surface area contributed by atoms with E-state index >= 15 is 0 Å². The van der Waals surface area contributed by atoms with E-state index in [1.807, 2.05) is 35.4 Å². The second kappa shape index (κ2) is 7.39. The number of aromatic nitrogens is 5. The van der Waals surface area contributed by atoms with Gasteiger partial charge in [-0.25, -0.2) is 23.7 Å². The second-order valence-corrected chi connectivity index (χ2v) is 7.51. The molecule has 0 spiro atoms. The van der Waals surface area contributed by atoms with Gasteiger partial charge < -0.3 is 19.8 Å². The number of halogens is 2. The van der Waals surface area contributed by atoms with Gasteiger partial charge >= 0.3 is 0 Å². The third kappa shape index (κ3) is 3.41. The fraction of sp³-hybridized carbons (Fsp3) is 0.333. The van der Waals surface area contributed by atoms with Crippen molar-refractivity contribution in [2.45, 2.75) is 26.8 Å². The van der Waals surface area contributed by atoms with Crippen LogP contribution >= 0.6 is 11.3 Å². The Balaban J connectivity index is 1.72. The largest absolute Gasteiger partial charge is 0.346 e. The maximum Gasteiger partial charge on any atom is 0.263 e. The number of nitrogens with zero attached hydrogens (tertiary/aromatic N) is 5. The van der Waals surface area contributed by atoms with E-state index in [1.54, 1.807) is 13.3 Å². The van der Waals surface area contributed by atoms with Crippen molar-refractivity contribution in [3.8, 4) is 0 Å². The molecule has 0 bridgehead atoms. The van der Waals surface area contributed by atoms with Crippen molar-refractivity contribution in [1.29, 1.82) is 0 Å². The van der Waals surface area contributed by atoms with Crippen molar-refractivity contribution in [1.82, 2.24) is 29.4 Å². The summed E-state index contributed by atoms with van der Waals surface area (Å²) < 4.78 is 28.7. The number of thiazole rings is 1. The number of pyridine rings is 1. The van der Waals surface area contributed by atoms with Gasteiger partial charge in [0, 0.05) is 25.2 Å². The molecule has 0 saturated carbocycles. The van der Waals surface area contributed by atoms with Gasteiger partial charge in [0.1, 0.15) is 16.0 Å². The molecular formula is C18H19F2N7OS. The quantitative estimate of drug-likeness (QED) is 0.500. The zero-order valence-corrected chi connectivity index (χ0v) is 16.8. The highest BCUT2D eigenvalue weighted by atomic mass is 32.1. The Morgan fingerprint density at radius 2 is 2.14 bits per heavy atom. The smallest absolute Gasteiger partial charge is 0.263 e. The molecule has 0 aliphatic carbocycles. The van der Waals surface area contributed by atoms with Crippen molar-refractivity contribution in [3.63, 3.8) is 0 Å². The predicted octanol–water partition coefficient (Wildman–Crippen LogP) is 3.45. The lowest BCUT2D eigenvalue weighted by molar-refractivity contribution is 0.0895. The van der Waals surface area contributed by atoms with Gasteiger partial charge in [-0.1, -0.05) is 11.3 Å². The lowest BCUT2D eigenvalue weighted by Gasteiger charge is -2.07. The monoisotopic (exact) mass is 419 g/mol. The van der Waals surface area contributed by atoms with Crippen LogP contribution in [0.4, 0.5) is 19.7 Å². The number of aryl methyl sites for hydroxylation is 3. The summed E-state index contributed by atoms with van der Waals surface area (Å²) in [4.78, 5) is 26.0. The van der Waals surface area contributed by atoms with E-state index < -0.39 is 18.9 Å². The molecule has 0 saturated heterocycles. The Hall–Kier alpha value is -3.08. The Morgan fingerprint density at radius 3 is 2.86 bits per heavy atom. The van der Waals surface area contributed by atoms with E-state index in [9.17, 15) is 13.6 Å². The number of nitrogens with one attached hydrogen (secondary N) is 2. The Labute approximate surface area is 168 Å². The maximum absolute atomic E-state index is 12.4. The van der Waals surface area contributed by atoms with Gasteiger partial charge in [0.05, 0.1) is 24.1 Å². The first-order chi connectivity index (χ1) is 13.9. The van der Waals surface area contributed by atoms with Gasteiger partial charge in [-0.15, -0.1) is 0 Å². The number of amides is 1. The molecule has 0 unspecified atom stereocenters. The predicted molar refractivity (Wildman–Crippen MR) is 108 cm³/mol. The fourth-order valence-corrected chi connectivity index (χ4v) is 4.09. The minimum atomic E-state index is -2.60. The number of fused-ring (bicyclic) bond motifs is 3. The van der Waals surface area contributed by atoms with Gasteiger partial charge in [-0.2, -0.15) is 0 Å². The average molecular weight is 419 g/mol. The fourth-order valence-electron chi connectivity index (χ4n) is 3.21. The molecular weight excluding hydrogens is 400 g/mol. The number of alkyl halides is 2. The first kappa shape index (κ1) is 19.2. The highest BCUT2D eigenvalue weighted by molar-refractivity contribution is 7.17. The number of rotatable bonds is 6. The van der Waals surface area contributed by atoms with Gasteiger partial charge in [0.2, 0.25) is 0 Å². The van der Waals surface area contributed by atoms with Crippen LogP contribution < -0.4 is 10.6 Å². The maximum atomic E-state index is 12.4. The van der Waals surface area contributed by atoms with Crippen molar-refractivity contribution >= 4 is 50.3 Å². The molecule has 4 aromatic rings. The van der Waals surface area contributed by atoms with Gasteiger partial charge in [0.15, 0.2) is 10.9 Å². The van der Waals surface area contributed by atoms with Gasteiger partial charge in [-0.05, 0) is 19.9 Å². The van der Waals surface area contributed by atoms with Crippen LogP contribution in [-0.2, 0) is 13.6 Å². The second-order valence-electron chi connectivity index (χ2n) is 6.51. The molecule has 0 aliphatic heterocycles. The summed E-state index contributed by atoms with van der Waals surface area (Å²) in [7, 11) is 1.92. The minimum absolute atomic E-state index is 0.281. The van der Waals surface area contributed by atoms with Crippen LogP contribution in [-0.4, -0.2) is 43.0 Å². The SMILES string of the molecule is CCn1ccc2c3c(ncn3C)c(Nc3nc(C)c(C(=O)NCC(F)F)s3)nc21. The Bertz CT molecular complexity index is 1210. The van der Waals surface area contributed by atoms with Gasteiger partial charge in [0.25, 0.3) is 12.3 Å². The topological polar surface area (TPSA) is 89.7 Å². The molecule has 11 heteroatoms. The van der Waals surface area contributed by atoms with Crippen LogP contribution in [0.5, 0.6) is 0 Å². The molecule has 0 radical (unpaired) electrons. The molecule has 0 aliphatic rings. The molecule has 4 aromatic heterocycles. The molecule has 8 nitrogen and oxygen atoms in total. The Morgan fingerprint density at radius 1 is 1.34 bits per heavy atom. The van der Waals surface area contributed by atoms with Crippen molar-refractivity contribution in [2.24, 2.45) is 7.05 Å². The van der Waals surface area contributed by atoms with Crippen molar-refractivity contribution in [3.05, 3.63) is 29.2 Å². The van der Waals surface area contributed by atoms with Crippen LogP contribution in [0, 0.1) is 6.92 Å². The summed E-state index contributed by atoms with van der Waals surface area (Å²) >= 11 is 1.09. The standard InChI is InChI=1S/C18H19F2N7OS/c1-4-27-6-5-10-13-12(22-8-26(13)3)15(24-16(10)27)25-18-23-9(2)14(29-18)17(28)21-7-11(19)20/h5-6,8,11H,4,7H2,1-3H3,(H,21,28)(H,23,24,25). The molecule has 2 N–H and O–H groups in total. The average Bonchev–Trinajstić information content (AvgIpc) is 3.36. The molecule has 1 amide bonds. The van der Waals surface area contributed by atoms with Crippen molar-refractivity contribution < 1.29 is 13.6 Å². The summed E-state index contributed by atoms with van der Waals surface area (Å²) in [5, 5.41) is 6.80. The van der Waals surface area contributed by atoms with Crippen LogP contribution in [0.3, 0.4) is 0 Å². The number of imidazole rings is 1. The molecule has 0 atom stereocenters. The highest BCUT2D eigenvalue weighted by Crippen LogP contribution is 2.32. The highest BCUT2D eigenvalue weighted by Gasteiger charge is 2.19. The number of hydrogen-bond donors (Lipinski definition) is 2. The zero-order chi connectivity index (χ0) is 20.7. The van der Waals surface area contributed by atoms with Crippen LogP contribution in [0.15, 0.2) is 18.6 Å². The van der Waals surface area contributed by atoms with E-state index in [0.29, 0.717) is 22.2 Å². The van der Waals surface area contributed by atoms with Crippen LogP contribution in [0.2, 0.25) is 0 Å². The minimum Gasteiger partial charge on any atom is -0.346 e. The van der Waals surface area contributed by atoms with E-state index in [-0.39, 0.29) is 4.88 Å². The van der Waals surface area contributed by atoms with Crippen molar-refractivity contribution in [2.75, 3.05) is 11.9 Å². The van der Waals surface area contributed by atoms with E-state index in [2.05, 4.69) is 20.6 Å². The lowest BCUT2D eigenvalue weighted by Crippen LogP contribution is -2.28. The number of anilines is 2. The summed E-state index contributed by atoms with van der Waals surface area (Å²) in [6.07, 6.45) is 1.09. The molecule has 29 heavy (non-hydrogen) atoms.